The molecule has 8 heteroatoms. The number of hydrogen-bond donors (Lipinski definition) is 1. The van der Waals surface area contributed by atoms with Gasteiger partial charge in [0.2, 0.25) is 11.8 Å². The summed E-state index contributed by atoms with van der Waals surface area (Å²) in [5.41, 5.74) is 1.12. The Kier molecular flexibility index (Phi) is 4.90. The number of hydrogen-bond acceptors (Lipinski definition) is 4. The highest BCUT2D eigenvalue weighted by Crippen LogP contribution is 2.33. The first-order valence-corrected chi connectivity index (χ1v) is 8.36. The summed E-state index contributed by atoms with van der Waals surface area (Å²) >= 11 is 6.13. The predicted molar refractivity (Wildman–Crippen MR) is 98.4 cm³/mol. The van der Waals surface area contributed by atoms with Crippen molar-refractivity contribution in [1.82, 2.24) is 0 Å². The number of halogens is 1. The monoisotopic (exact) mass is 373 g/mol. The first-order valence-electron chi connectivity index (χ1n) is 7.98. The lowest BCUT2D eigenvalue weighted by molar-refractivity contribution is -0.384. The van der Waals surface area contributed by atoms with Crippen LogP contribution in [0.4, 0.5) is 17.1 Å². The highest BCUT2D eigenvalue weighted by molar-refractivity contribution is 6.33. The number of nitro benzene ring substituents is 1. The van der Waals surface area contributed by atoms with Crippen molar-refractivity contribution in [2.45, 2.75) is 13.3 Å². The number of aryl methyl sites for hydroxylation is 1. The normalized spacial score (nSPS) is 16.6. The molecular weight excluding hydrogens is 358 g/mol. The first-order chi connectivity index (χ1) is 12.4. The quantitative estimate of drug-likeness (QED) is 0.655. The van der Waals surface area contributed by atoms with E-state index in [1.54, 1.807) is 43.3 Å². The molecule has 1 fully saturated rings. The lowest BCUT2D eigenvalue weighted by atomic mass is 10.1. The summed E-state index contributed by atoms with van der Waals surface area (Å²) in [7, 11) is 0. The molecule has 134 valence electrons. The Morgan fingerprint density at radius 2 is 2.00 bits per heavy atom. The fourth-order valence-electron chi connectivity index (χ4n) is 2.98. The summed E-state index contributed by atoms with van der Waals surface area (Å²) in [6, 6.07) is 11.5. The summed E-state index contributed by atoms with van der Waals surface area (Å²) < 4.78 is 0. The van der Waals surface area contributed by atoms with Gasteiger partial charge in [0, 0.05) is 19.0 Å². The molecule has 0 radical (unpaired) electrons. The van der Waals surface area contributed by atoms with Crippen molar-refractivity contribution < 1.29 is 14.5 Å². The SMILES string of the molecule is Cc1cccc([N+](=O)[O-])c1NC(=O)C1CC(=O)N(c2ccccc2Cl)C1. The molecule has 1 aliphatic rings. The molecule has 1 aliphatic heterocycles. The molecule has 0 bridgehead atoms. The van der Waals surface area contributed by atoms with E-state index >= 15 is 0 Å². The maximum absolute atomic E-state index is 12.6. The molecular formula is C18H16ClN3O4. The van der Waals surface area contributed by atoms with Gasteiger partial charge in [-0.3, -0.25) is 19.7 Å². The van der Waals surface area contributed by atoms with Crippen LogP contribution >= 0.6 is 11.6 Å². The standard InChI is InChI=1S/C18H16ClN3O4/c1-11-5-4-8-15(22(25)26)17(11)20-18(24)12-9-16(23)21(10-12)14-7-3-2-6-13(14)19/h2-8,12H,9-10H2,1H3,(H,20,24). The van der Waals surface area contributed by atoms with Gasteiger partial charge in [-0.15, -0.1) is 0 Å². The van der Waals surface area contributed by atoms with Crippen molar-refractivity contribution >= 4 is 40.5 Å². The van der Waals surface area contributed by atoms with E-state index < -0.39 is 16.7 Å². The molecule has 2 aromatic rings. The number of anilines is 2. The summed E-state index contributed by atoms with van der Waals surface area (Å²) in [6.45, 7) is 1.85. The van der Waals surface area contributed by atoms with Gasteiger partial charge in [0.25, 0.3) is 5.69 Å². The van der Waals surface area contributed by atoms with Crippen LogP contribution in [0.1, 0.15) is 12.0 Å². The van der Waals surface area contributed by atoms with Crippen LogP contribution in [0.15, 0.2) is 42.5 Å². The van der Waals surface area contributed by atoms with E-state index in [1.807, 2.05) is 0 Å². The van der Waals surface area contributed by atoms with Crippen LogP contribution in [0.2, 0.25) is 5.02 Å². The maximum Gasteiger partial charge on any atom is 0.293 e. The van der Waals surface area contributed by atoms with E-state index in [9.17, 15) is 19.7 Å². The number of amides is 2. The molecule has 0 saturated carbocycles. The third-order valence-corrected chi connectivity index (χ3v) is 4.65. The predicted octanol–water partition coefficient (Wildman–Crippen LogP) is 3.55. The lowest BCUT2D eigenvalue weighted by Gasteiger charge is -2.18. The Hall–Kier alpha value is -2.93. The van der Waals surface area contributed by atoms with Crippen LogP contribution in [-0.4, -0.2) is 23.3 Å². The van der Waals surface area contributed by atoms with Gasteiger partial charge in [-0.2, -0.15) is 0 Å². The minimum Gasteiger partial charge on any atom is -0.320 e. The highest BCUT2D eigenvalue weighted by atomic mass is 35.5. The highest BCUT2D eigenvalue weighted by Gasteiger charge is 2.36. The Morgan fingerprint density at radius 1 is 1.27 bits per heavy atom. The second-order valence-electron chi connectivity index (χ2n) is 6.07. The number of benzene rings is 2. The van der Waals surface area contributed by atoms with Crippen LogP contribution in [-0.2, 0) is 9.59 Å². The summed E-state index contributed by atoms with van der Waals surface area (Å²) in [6.07, 6.45) is 0.0245. The van der Waals surface area contributed by atoms with E-state index in [2.05, 4.69) is 5.32 Å². The number of para-hydroxylation sites is 2. The van der Waals surface area contributed by atoms with Crippen LogP contribution < -0.4 is 10.2 Å². The van der Waals surface area contributed by atoms with E-state index in [0.717, 1.165) is 0 Å². The van der Waals surface area contributed by atoms with Crippen molar-refractivity contribution in [2.75, 3.05) is 16.8 Å². The van der Waals surface area contributed by atoms with Crippen LogP contribution in [0.5, 0.6) is 0 Å². The van der Waals surface area contributed by atoms with Gasteiger partial charge >= 0.3 is 0 Å². The van der Waals surface area contributed by atoms with Gasteiger partial charge in [-0.1, -0.05) is 35.9 Å². The summed E-state index contributed by atoms with van der Waals surface area (Å²) in [4.78, 5) is 37.0. The zero-order valence-corrected chi connectivity index (χ0v) is 14.7. The Balaban J connectivity index is 1.80. The zero-order valence-electron chi connectivity index (χ0n) is 13.9. The van der Waals surface area contributed by atoms with Crippen molar-refractivity contribution in [3.8, 4) is 0 Å². The van der Waals surface area contributed by atoms with Gasteiger partial charge in [-0.25, -0.2) is 0 Å². The maximum atomic E-state index is 12.6. The van der Waals surface area contributed by atoms with Gasteiger partial charge in [0.05, 0.1) is 21.6 Å². The first kappa shape index (κ1) is 17.9. The van der Waals surface area contributed by atoms with Gasteiger partial charge in [-0.05, 0) is 24.6 Å². The van der Waals surface area contributed by atoms with Crippen molar-refractivity contribution in [3.63, 3.8) is 0 Å². The number of carbonyl (C=O) groups excluding carboxylic acids is 2. The largest absolute Gasteiger partial charge is 0.320 e. The molecule has 0 spiro atoms. The van der Waals surface area contributed by atoms with E-state index in [4.69, 9.17) is 11.6 Å². The van der Waals surface area contributed by atoms with E-state index in [-0.39, 0.29) is 30.2 Å². The zero-order chi connectivity index (χ0) is 18.8. The minimum atomic E-state index is -0.613. The van der Waals surface area contributed by atoms with Crippen molar-refractivity contribution in [3.05, 3.63) is 63.2 Å². The Morgan fingerprint density at radius 3 is 2.69 bits per heavy atom. The fraction of sp³-hybridized carbons (Fsp3) is 0.222. The van der Waals surface area contributed by atoms with Crippen LogP contribution in [0.25, 0.3) is 0 Å². The molecule has 0 aromatic heterocycles. The minimum absolute atomic E-state index is 0.0245. The topological polar surface area (TPSA) is 92.5 Å². The third-order valence-electron chi connectivity index (χ3n) is 4.33. The van der Waals surface area contributed by atoms with Gasteiger partial charge in [0.15, 0.2) is 0 Å². The van der Waals surface area contributed by atoms with Crippen molar-refractivity contribution in [2.24, 2.45) is 5.92 Å². The number of rotatable bonds is 4. The second kappa shape index (κ2) is 7.13. The van der Waals surface area contributed by atoms with Crippen LogP contribution in [0, 0.1) is 23.0 Å². The average molecular weight is 374 g/mol. The summed E-state index contributed by atoms with van der Waals surface area (Å²) in [5, 5.41) is 14.2. The van der Waals surface area contributed by atoms with E-state index in [1.165, 1.54) is 11.0 Å². The smallest absolute Gasteiger partial charge is 0.293 e. The summed E-state index contributed by atoms with van der Waals surface area (Å²) in [5.74, 6) is -1.25. The lowest BCUT2D eigenvalue weighted by Crippen LogP contribution is -2.28. The number of nitrogens with one attached hydrogen (secondary N) is 1. The molecule has 2 amide bonds. The number of nitrogens with zero attached hydrogens (tertiary/aromatic N) is 2. The molecule has 1 saturated heterocycles. The van der Waals surface area contributed by atoms with E-state index in [0.29, 0.717) is 16.3 Å². The molecule has 1 N–H and O–H groups in total. The third kappa shape index (κ3) is 3.39. The molecule has 1 unspecified atom stereocenters. The van der Waals surface area contributed by atoms with Crippen LogP contribution in [0.3, 0.4) is 0 Å². The number of nitro groups is 1. The fourth-order valence-corrected chi connectivity index (χ4v) is 3.22. The average Bonchev–Trinajstić information content (AvgIpc) is 2.98. The van der Waals surface area contributed by atoms with Crippen molar-refractivity contribution in [1.29, 1.82) is 0 Å². The molecule has 0 aliphatic carbocycles. The Labute approximate surface area is 154 Å². The second-order valence-corrected chi connectivity index (χ2v) is 6.48. The molecule has 1 atom stereocenters. The molecule has 3 rings (SSSR count). The molecule has 26 heavy (non-hydrogen) atoms. The molecule has 1 heterocycles. The Bertz CT molecular complexity index is 900. The number of carbonyl (C=O) groups is 2. The molecule has 7 nitrogen and oxygen atoms in total. The molecule has 2 aromatic carbocycles. The van der Waals surface area contributed by atoms with Gasteiger partial charge in [0.1, 0.15) is 5.69 Å². The van der Waals surface area contributed by atoms with Gasteiger partial charge < -0.3 is 10.2 Å².